The maximum Gasteiger partial charge on any atom is 0.407 e. The van der Waals surface area contributed by atoms with Crippen molar-refractivity contribution in [3.63, 3.8) is 0 Å². The number of hydrogen-bond acceptors (Lipinski definition) is 7. The number of rotatable bonds is 5. The highest BCUT2D eigenvalue weighted by molar-refractivity contribution is 5.69. The van der Waals surface area contributed by atoms with Crippen molar-refractivity contribution in [3.05, 3.63) is 29.3 Å². The molecule has 2 atom stereocenters. The van der Waals surface area contributed by atoms with Crippen molar-refractivity contribution in [1.29, 1.82) is 5.26 Å². The summed E-state index contributed by atoms with van der Waals surface area (Å²) in [5.41, 5.74) is 1.85. The fraction of sp³-hybridized carbons (Fsp3) is 0.526. The van der Waals surface area contributed by atoms with Crippen LogP contribution in [0.15, 0.2) is 12.3 Å². The van der Waals surface area contributed by atoms with Crippen LogP contribution >= 0.6 is 0 Å². The van der Waals surface area contributed by atoms with Crippen LogP contribution < -0.4 is 10.6 Å². The number of anilines is 2. The molecule has 2 heterocycles. The highest BCUT2D eigenvalue weighted by Crippen LogP contribution is 2.37. The molecule has 0 saturated heterocycles. The number of aryl methyl sites for hydroxylation is 1. The molecule has 28 heavy (non-hydrogen) atoms. The van der Waals surface area contributed by atoms with Gasteiger partial charge in [-0.05, 0) is 46.0 Å². The molecule has 0 spiro atoms. The topological polar surface area (TPSA) is 129 Å². The Morgan fingerprint density at radius 2 is 2.25 bits per heavy atom. The van der Waals surface area contributed by atoms with Crippen molar-refractivity contribution in [2.45, 2.75) is 63.5 Å². The van der Waals surface area contributed by atoms with E-state index >= 15 is 0 Å². The van der Waals surface area contributed by atoms with Gasteiger partial charge in [0.2, 0.25) is 0 Å². The average molecular weight is 381 g/mol. The first kappa shape index (κ1) is 18.2. The first-order valence-electron chi connectivity index (χ1n) is 9.49. The quantitative estimate of drug-likeness (QED) is 0.726. The zero-order valence-electron chi connectivity index (χ0n) is 16.0. The number of H-pyrrole nitrogens is 1. The van der Waals surface area contributed by atoms with E-state index in [0.717, 1.165) is 37.8 Å². The van der Waals surface area contributed by atoms with Gasteiger partial charge >= 0.3 is 6.09 Å². The standard InChI is InChI=1S/C19H23N7O2/c1-11-17(21-10-13(9-20)22-11)23-16-8-15(25-26-16)12-3-4-14(7-12)28-18(27)24-19(2)5-6-19/h8,10,12,14H,3-7H2,1-2H3,(H,24,27)(H2,21,23,25,26)/t12-,14+/m0/s1. The van der Waals surface area contributed by atoms with Gasteiger partial charge in [-0.3, -0.25) is 5.10 Å². The summed E-state index contributed by atoms with van der Waals surface area (Å²) < 4.78 is 5.57. The lowest BCUT2D eigenvalue weighted by Crippen LogP contribution is -2.36. The lowest BCUT2D eigenvalue weighted by atomic mass is 10.0. The summed E-state index contributed by atoms with van der Waals surface area (Å²) in [7, 11) is 0. The maximum atomic E-state index is 12.0. The van der Waals surface area contributed by atoms with Crippen molar-refractivity contribution >= 4 is 17.7 Å². The van der Waals surface area contributed by atoms with Crippen LogP contribution in [0.1, 0.15) is 62.0 Å². The Morgan fingerprint density at radius 3 is 2.96 bits per heavy atom. The van der Waals surface area contributed by atoms with Gasteiger partial charge in [0, 0.05) is 23.2 Å². The summed E-state index contributed by atoms with van der Waals surface area (Å²) in [5.74, 6) is 1.47. The van der Waals surface area contributed by atoms with Gasteiger partial charge in [0.25, 0.3) is 0 Å². The molecule has 0 unspecified atom stereocenters. The number of aromatic amines is 1. The van der Waals surface area contributed by atoms with E-state index in [1.165, 1.54) is 6.20 Å². The maximum absolute atomic E-state index is 12.0. The average Bonchev–Trinajstić information content (AvgIpc) is 3.05. The minimum Gasteiger partial charge on any atom is -0.446 e. The number of amides is 1. The van der Waals surface area contributed by atoms with Gasteiger partial charge in [-0.2, -0.15) is 10.4 Å². The van der Waals surface area contributed by atoms with Crippen LogP contribution in [0.3, 0.4) is 0 Å². The highest BCUT2D eigenvalue weighted by atomic mass is 16.6. The molecule has 2 saturated carbocycles. The van der Waals surface area contributed by atoms with Crippen LogP contribution in [0.5, 0.6) is 0 Å². The molecule has 9 heteroatoms. The zero-order chi connectivity index (χ0) is 19.7. The molecule has 0 aromatic carbocycles. The van der Waals surface area contributed by atoms with E-state index < -0.39 is 0 Å². The van der Waals surface area contributed by atoms with E-state index in [2.05, 4.69) is 30.8 Å². The van der Waals surface area contributed by atoms with Crippen LogP contribution in [-0.2, 0) is 4.74 Å². The molecule has 2 aromatic heterocycles. The monoisotopic (exact) mass is 381 g/mol. The zero-order valence-corrected chi connectivity index (χ0v) is 16.0. The third kappa shape index (κ3) is 4.06. The molecule has 9 nitrogen and oxygen atoms in total. The van der Waals surface area contributed by atoms with Crippen molar-refractivity contribution in [2.75, 3.05) is 5.32 Å². The second-order valence-corrected chi connectivity index (χ2v) is 7.86. The van der Waals surface area contributed by atoms with Gasteiger partial charge in [0.05, 0.1) is 11.9 Å². The number of ether oxygens (including phenoxy) is 1. The smallest absolute Gasteiger partial charge is 0.407 e. The Morgan fingerprint density at radius 1 is 1.43 bits per heavy atom. The third-order valence-corrected chi connectivity index (χ3v) is 5.41. The molecule has 2 fully saturated rings. The lowest BCUT2D eigenvalue weighted by Gasteiger charge is -2.16. The molecule has 2 aliphatic carbocycles. The Hall–Kier alpha value is -3.15. The summed E-state index contributed by atoms with van der Waals surface area (Å²) in [4.78, 5) is 20.4. The second-order valence-electron chi connectivity index (χ2n) is 7.86. The molecule has 0 aliphatic heterocycles. The van der Waals surface area contributed by atoms with Crippen LogP contribution in [0.4, 0.5) is 16.4 Å². The SMILES string of the molecule is Cc1nc(C#N)cnc1Nc1cc([C@H]2CC[C@@H](OC(=O)NC3(C)CC3)C2)[nH]n1. The number of alkyl carbamates (subject to hydrolysis) is 1. The van der Waals surface area contributed by atoms with Gasteiger partial charge in [-0.1, -0.05) is 0 Å². The molecule has 4 rings (SSSR count). The summed E-state index contributed by atoms with van der Waals surface area (Å²) >= 11 is 0. The van der Waals surface area contributed by atoms with Crippen LogP contribution in [0.2, 0.25) is 0 Å². The van der Waals surface area contributed by atoms with E-state index in [-0.39, 0.29) is 29.3 Å². The minimum absolute atomic E-state index is 0.0640. The number of carbonyl (C=O) groups excluding carboxylic acids is 1. The van der Waals surface area contributed by atoms with E-state index in [0.29, 0.717) is 17.3 Å². The van der Waals surface area contributed by atoms with Crippen molar-refractivity contribution in [3.8, 4) is 6.07 Å². The van der Waals surface area contributed by atoms with Gasteiger partial charge in [0.1, 0.15) is 12.2 Å². The summed E-state index contributed by atoms with van der Waals surface area (Å²) in [6, 6.07) is 3.91. The number of nitriles is 1. The van der Waals surface area contributed by atoms with E-state index in [4.69, 9.17) is 10.00 Å². The molecule has 2 aromatic rings. The molecule has 0 radical (unpaired) electrons. The van der Waals surface area contributed by atoms with Gasteiger partial charge in [0.15, 0.2) is 17.3 Å². The largest absolute Gasteiger partial charge is 0.446 e. The van der Waals surface area contributed by atoms with Crippen LogP contribution in [0, 0.1) is 18.3 Å². The van der Waals surface area contributed by atoms with Crippen molar-refractivity contribution in [1.82, 2.24) is 25.5 Å². The van der Waals surface area contributed by atoms with Crippen molar-refractivity contribution in [2.24, 2.45) is 0 Å². The second kappa shape index (κ2) is 7.11. The molecule has 3 N–H and O–H groups in total. The van der Waals surface area contributed by atoms with Crippen molar-refractivity contribution < 1.29 is 9.53 Å². The first-order chi connectivity index (χ1) is 13.4. The summed E-state index contributed by atoms with van der Waals surface area (Å²) in [6.45, 7) is 3.82. The normalized spacial score (nSPS) is 22.3. The number of nitrogens with one attached hydrogen (secondary N) is 3. The fourth-order valence-corrected chi connectivity index (χ4v) is 3.46. The lowest BCUT2D eigenvalue weighted by molar-refractivity contribution is 0.0967. The summed E-state index contributed by atoms with van der Waals surface area (Å²) in [5, 5.41) is 22.3. The van der Waals surface area contributed by atoms with Crippen LogP contribution in [0.25, 0.3) is 0 Å². The molecular formula is C19H23N7O2. The predicted octanol–water partition coefficient (Wildman–Crippen LogP) is 3.04. The van der Waals surface area contributed by atoms with Gasteiger partial charge in [-0.15, -0.1) is 0 Å². The molecule has 0 bridgehead atoms. The van der Waals surface area contributed by atoms with Gasteiger partial charge in [-0.25, -0.2) is 14.8 Å². The minimum atomic E-state index is -0.313. The number of nitrogens with zero attached hydrogens (tertiary/aromatic N) is 4. The van der Waals surface area contributed by atoms with Gasteiger partial charge < -0.3 is 15.4 Å². The Kier molecular flexibility index (Phi) is 4.63. The molecule has 2 aliphatic rings. The highest BCUT2D eigenvalue weighted by Gasteiger charge is 2.40. The molecular weight excluding hydrogens is 358 g/mol. The Balaban J connectivity index is 1.33. The predicted molar refractivity (Wildman–Crippen MR) is 101 cm³/mol. The number of aromatic nitrogens is 4. The molecule has 146 valence electrons. The first-order valence-corrected chi connectivity index (χ1v) is 9.49. The Bertz CT molecular complexity index is 929. The van der Waals surface area contributed by atoms with E-state index in [1.54, 1.807) is 6.92 Å². The van der Waals surface area contributed by atoms with E-state index in [1.807, 2.05) is 19.1 Å². The number of carbonyl (C=O) groups is 1. The number of hydrogen-bond donors (Lipinski definition) is 3. The third-order valence-electron chi connectivity index (χ3n) is 5.41. The summed E-state index contributed by atoms with van der Waals surface area (Å²) in [6.07, 6.45) is 5.64. The Labute approximate surface area is 162 Å². The van der Waals surface area contributed by atoms with Crippen LogP contribution in [-0.4, -0.2) is 37.9 Å². The fourth-order valence-electron chi connectivity index (χ4n) is 3.46. The molecule has 1 amide bonds. The van der Waals surface area contributed by atoms with E-state index in [9.17, 15) is 4.79 Å².